The van der Waals surface area contributed by atoms with Gasteiger partial charge in [0.1, 0.15) is 11.6 Å². The summed E-state index contributed by atoms with van der Waals surface area (Å²) in [4.78, 5) is 11.5. The summed E-state index contributed by atoms with van der Waals surface area (Å²) >= 11 is 0. The van der Waals surface area contributed by atoms with Gasteiger partial charge in [-0.25, -0.2) is 12.8 Å². The fourth-order valence-corrected chi connectivity index (χ4v) is 3.18. The molecule has 0 spiro atoms. The molecule has 0 radical (unpaired) electrons. The van der Waals surface area contributed by atoms with E-state index in [2.05, 4.69) is 10.0 Å². The first-order chi connectivity index (χ1) is 10.9. The normalized spacial score (nSPS) is 14.2. The zero-order chi connectivity index (χ0) is 16.4. The van der Waals surface area contributed by atoms with E-state index >= 15 is 0 Å². The number of nitrogens with one attached hydrogen (secondary N) is 2. The molecule has 0 bridgehead atoms. The average molecular weight is 336 g/mol. The molecule has 1 heterocycles. The van der Waals surface area contributed by atoms with Gasteiger partial charge in [0.25, 0.3) is 10.0 Å². The van der Waals surface area contributed by atoms with E-state index in [0.717, 1.165) is 12.1 Å². The van der Waals surface area contributed by atoms with Crippen LogP contribution in [0.3, 0.4) is 0 Å². The fourth-order valence-electron chi connectivity index (χ4n) is 2.10. The number of fused-ring (bicyclic) bond motifs is 1. The lowest BCUT2D eigenvalue weighted by atomic mass is 10.3. The topological polar surface area (TPSA) is 84.5 Å². The molecule has 0 saturated carbocycles. The van der Waals surface area contributed by atoms with E-state index in [9.17, 15) is 17.6 Å². The number of ether oxygens (including phenoxy) is 1. The van der Waals surface area contributed by atoms with E-state index in [4.69, 9.17) is 4.74 Å². The minimum Gasteiger partial charge on any atom is -0.491 e. The Bertz CT molecular complexity index is 850. The maximum absolute atomic E-state index is 12.9. The largest absolute Gasteiger partial charge is 0.491 e. The molecule has 0 saturated heterocycles. The van der Waals surface area contributed by atoms with Crippen LogP contribution in [0.1, 0.15) is 6.42 Å². The second-order valence-corrected chi connectivity index (χ2v) is 6.60. The molecule has 6 nitrogen and oxygen atoms in total. The van der Waals surface area contributed by atoms with Gasteiger partial charge in [0.05, 0.1) is 23.6 Å². The number of halogens is 1. The maximum atomic E-state index is 12.9. The van der Waals surface area contributed by atoms with Crippen molar-refractivity contribution in [2.75, 3.05) is 16.6 Å². The molecule has 0 unspecified atom stereocenters. The van der Waals surface area contributed by atoms with Crippen LogP contribution in [0.2, 0.25) is 0 Å². The summed E-state index contributed by atoms with van der Waals surface area (Å²) in [5.74, 6) is -0.292. The lowest BCUT2D eigenvalue weighted by molar-refractivity contribution is -0.116. The second kappa shape index (κ2) is 5.88. The monoisotopic (exact) mass is 336 g/mol. The number of sulfonamides is 1. The molecular formula is C15H13FN2O4S. The van der Waals surface area contributed by atoms with Crippen molar-refractivity contribution in [2.24, 2.45) is 0 Å². The molecule has 1 aliphatic heterocycles. The molecule has 0 fully saturated rings. The highest BCUT2D eigenvalue weighted by molar-refractivity contribution is 7.92. The number of carbonyl (C=O) groups excluding carboxylic acids is 1. The summed E-state index contributed by atoms with van der Waals surface area (Å²) in [6.07, 6.45) is 0.199. The second-order valence-electron chi connectivity index (χ2n) is 4.92. The highest BCUT2D eigenvalue weighted by atomic mass is 32.2. The molecule has 1 amide bonds. The first kappa shape index (κ1) is 15.3. The number of carbonyl (C=O) groups is 1. The van der Waals surface area contributed by atoms with E-state index < -0.39 is 15.8 Å². The fraction of sp³-hybridized carbons (Fsp3) is 0.133. The zero-order valence-corrected chi connectivity index (χ0v) is 12.7. The number of anilines is 2. The summed E-state index contributed by atoms with van der Waals surface area (Å²) < 4.78 is 45.4. The molecule has 2 aromatic carbocycles. The Morgan fingerprint density at radius 2 is 1.87 bits per heavy atom. The van der Waals surface area contributed by atoms with Gasteiger partial charge in [-0.05, 0) is 42.5 Å². The van der Waals surface area contributed by atoms with Gasteiger partial charge in [0.15, 0.2) is 0 Å². The van der Waals surface area contributed by atoms with Crippen LogP contribution in [0.25, 0.3) is 0 Å². The van der Waals surface area contributed by atoms with Crippen molar-refractivity contribution in [3.8, 4) is 5.75 Å². The van der Waals surface area contributed by atoms with Crippen molar-refractivity contribution < 1.29 is 22.3 Å². The molecule has 0 atom stereocenters. The Hall–Kier alpha value is -2.61. The Labute approximate surface area is 132 Å². The highest BCUT2D eigenvalue weighted by Gasteiger charge is 2.20. The molecule has 3 rings (SSSR count). The number of amides is 1. The smallest absolute Gasteiger partial charge is 0.261 e. The van der Waals surface area contributed by atoms with Gasteiger partial charge in [-0.15, -0.1) is 0 Å². The Kier molecular flexibility index (Phi) is 3.91. The molecule has 8 heteroatoms. The summed E-state index contributed by atoms with van der Waals surface area (Å²) in [5.41, 5.74) is 0.538. The first-order valence-electron chi connectivity index (χ1n) is 6.79. The first-order valence-corrected chi connectivity index (χ1v) is 8.27. The van der Waals surface area contributed by atoms with E-state index in [0.29, 0.717) is 11.4 Å². The third kappa shape index (κ3) is 3.42. The summed E-state index contributed by atoms with van der Waals surface area (Å²) in [7, 11) is -3.87. The summed E-state index contributed by atoms with van der Waals surface area (Å²) in [6, 6.07) is 9.14. The SMILES string of the molecule is O=C1CCOc2ccc(S(=O)(=O)Nc3ccc(F)cc3)cc2N1. The van der Waals surface area contributed by atoms with Crippen LogP contribution in [0.5, 0.6) is 5.75 Å². The molecule has 23 heavy (non-hydrogen) atoms. The summed E-state index contributed by atoms with van der Waals surface area (Å²) in [5, 5.41) is 2.60. The van der Waals surface area contributed by atoms with E-state index in [-0.39, 0.29) is 29.5 Å². The minimum atomic E-state index is -3.87. The molecule has 1 aliphatic rings. The molecule has 120 valence electrons. The predicted molar refractivity (Wildman–Crippen MR) is 82.4 cm³/mol. The Morgan fingerprint density at radius 3 is 2.61 bits per heavy atom. The Morgan fingerprint density at radius 1 is 1.13 bits per heavy atom. The van der Waals surface area contributed by atoms with Crippen molar-refractivity contribution >= 4 is 27.3 Å². The van der Waals surface area contributed by atoms with Crippen molar-refractivity contribution in [3.63, 3.8) is 0 Å². The molecule has 2 aromatic rings. The number of hydrogen-bond acceptors (Lipinski definition) is 4. The maximum Gasteiger partial charge on any atom is 0.261 e. The van der Waals surface area contributed by atoms with Gasteiger partial charge in [-0.2, -0.15) is 0 Å². The van der Waals surface area contributed by atoms with Gasteiger partial charge in [-0.1, -0.05) is 0 Å². The standard InChI is InChI=1S/C15H13FN2O4S/c16-10-1-3-11(4-2-10)18-23(20,21)12-5-6-14-13(9-12)17-15(19)7-8-22-14/h1-6,9,18H,7-8H2,(H,17,19). The van der Waals surface area contributed by atoms with Gasteiger partial charge in [-0.3, -0.25) is 9.52 Å². The van der Waals surface area contributed by atoms with Crippen molar-refractivity contribution in [2.45, 2.75) is 11.3 Å². The van der Waals surface area contributed by atoms with E-state index in [1.807, 2.05) is 0 Å². The number of hydrogen-bond donors (Lipinski definition) is 2. The summed E-state index contributed by atoms with van der Waals surface area (Å²) in [6.45, 7) is 0.235. The minimum absolute atomic E-state index is 0.0358. The molecule has 0 aliphatic carbocycles. The van der Waals surface area contributed by atoms with E-state index in [1.165, 1.54) is 30.3 Å². The van der Waals surface area contributed by atoms with Crippen molar-refractivity contribution in [1.82, 2.24) is 0 Å². The van der Waals surface area contributed by atoms with Gasteiger partial charge < -0.3 is 10.1 Å². The third-order valence-corrected chi connectivity index (χ3v) is 4.60. The lowest BCUT2D eigenvalue weighted by Crippen LogP contribution is -2.14. The van der Waals surface area contributed by atoms with Crippen LogP contribution in [-0.4, -0.2) is 20.9 Å². The number of rotatable bonds is 3. The van der Waals surface area contributed by atoms with Gasteiger partial charge >= 0.3 is 0 Å². The van der Waals surface area contributed by atoms with E-state index in [1.54, 1.807) is 0 Å². The van der Waals surface area contributed by atoms with Crippen LogP contribution in [-0.2, 0) is 14.8 Å². The predicted octanol–water partition coefficient (Wildman–Crippen LogP) is 2.35. The molecule has 2 N–H and O–H groups in total. The molecular weight excluding hydrogens is 323 g/mol. The van der Waals surface area contributed by atoms with Gasteiger partial charge in [0, 0.05) is 5.69 Å². The zero-order valence-electron chi connectivity index (χ0n) is 11.9. The van der Waals surface area contributed by atoms with Crippen molar-refractivity contribution in [1.29, 1.82) is 0 Å². The average Bonchev–Trinajstić information content (AvgIpc) is 2.69. The third-order valence-electron chi connectivity index (χ3n) is 3.22. The Balaban J connectivity index is 1.91. The highest BCUT2D eigenvalue weighted by Crippen LogP contribution is 2.30. The van der Waals surface area contributed by atoms with Crippen LogP contribution >= 0.6 is 0 Å². The lowest BCUT2D eigenvalue weighted by Gasteiger charge is -2.11. The van der Waals surface area contributed by atoms with Crippen LogP contribution < -0.4 is 14.8 Å². The number of benzene rings is 2. The molecule has 0 aromatic heterocycles. The van der Waals surface area contributed by atoms with Crippen LogP contribution in [0, 0.1) is 5.82 Å². The van der Waals surface area contributed by atoms with Crippen molar-refractivity contribution in [3.05, 3.63) is 48.3 Å². The van der Waals surface area contributed by atoms with Crippen LogP contribution in [0.15, 0.2) is 47.4 Å². The van der Waals surface area contributed by atoms with Gasteiger partial charge in [0.2, 0.25) is 5.91 Å². The van der Waals surface area contributed by atoms with Crippen LogP contribution in [0.4, 0.5) is 15.8 Å². The quantitative estimate of drug-likeness (QED) is 0.901.